The van der Waals surface area contributed by atoms with Crippen LogP contribution in [0.2, 0.25) is 0 Å². The minimum atomic E-state index is -0.839. The van der Waals surface area contributed by atoms with Crippen LogP contribution in [0, 0.1) is 5.92 Å². The summed E-state index contributed by atoms with van der Waals surface area (Å²) in [6.45, 7) is 2.29. The Kier molecular flexibility index (Phi) is 4.91. The molecule has 0 aromatic carbocycles. The van der Waals surface area contributed by atoms with Gasteiger partial charge < -0.3 is 10.0 Å². The van der Waals surface area contributed by atoms with Gasteiger partial charge in [0.25, 0.3) is 0 Å². The number of rotatable bonds is 5. The smallest absolute Gasteiger partial charge is 0.313 e. The molecule has 0 bridgehead atoms. The van der Waals surface area contributed by atoms with Crippen molar-refractivity contribution in [1.29, 1.82) is 0 Å². The Morgan fingerprint density at radius 3 is 2.80 bits per heavy atom. The van der Waals surface area contributed by atoms with Crippen LogP contribution in [0.25, 0.3) is 0 Å². The zero-order valence-electron chi connectivity index (χ0n) is 12.2. The van der Waals surface area contributed by atoms with Gasteiger partial charge in [0.05, 0.1) is 5.75 Å². The molecule has 1 aliphatic carbocycles. The summed E-state index contributed by atoms with van der Waals surface area (Å²) >= 11 is 1.20. The number of hydrogen-bond acceptors (Lipinski definition) is 5. The van der Waals surface area contributed by atoms with Gasteiger partial charge in [-0.3, -0.25) is 9.36 Å². The third kappa shape index (κ3) is 3.26. The van der Waals surface area contributed by atoms with Crippen LogP contribution in [0.4, 0.5) is 5.95 Å². The normalized spacial score (nSPS) is 22.8. The average molecular weight is 298 g/mol. The fraction of sp³-hybridized carbons (Fsp3) is 0.769. The second-order valence-corrected chi connectivity index (χ2v) is 6.41. The molecule has 7 heteroatoms. The quantitative estimate of drug-likeness (QED) is 0.838. The van der Waals surface area contributed by atoms with Gasteiger partial charge in [0.1, 0.15) is 0 Å². The number of aliphatic carboxylic acids is 1. The van der Waals surface area contributed by atoms with Gasteiger partial charge in [-0.05, 0) is 18.8 Å². The van der Waals surface area contributed by atoms with Gasteiger partial charge in [-0.15, -0.1) is 10.2 Å². The van der Waals surface area contributed by atoms with E-state index >= 15 is 0 Å². The van der Waals surface area contributed by atoms with Crippen LogP contribution in [0.3, 0.4) is 0 Å². The number of carboxylic acid groups (broad SMARTS) is 1. The second kappa shape index (κ2) is 6.47. The van der Waals surface area contributed by atoms with Gasteiger partial charge >= 0.3 is 5.97 Å². The van der Waals surface area contributed by atoms with Crippen molar-refractivity contribution in [1.82, 2.24) is 14.8 Å². The first-order chi connectivity index (χ1) is 9.50. The van der Waals surface area contributed by atoms with Crippen LogP contribution < -0.4 is 4.90 Å². The number of aromatic nitrogens is 3. The predicted molar refractivity (Wildman–Crippen MR) is 79.2 cm³/mol. The maximum atomic E-state index is 10.6. The summed E-state index contributed by atoms with van der Waals surface area (Å²) in [4.78, 5) is 12.8. The van der Waals surface area contributed by atoms with Crippen molar-refractivity contribution in [2.45, 2.75) is 43.8 Å². The van der Waals surface area contributed by atoms with E-state index in [-0.39, 0.29) is 5.75 Å². The molecular formula is C13H22N4O2S. The summed E-state index contributed by atoms with van der Waals surface area (Å²) in [5.41, 5.74) is 0. The molecule has 112 valence electrons. The number of carbonyl (C=O) groups is 1. The lowest BCUT2D eigenvalue weighted by Crippen LogP contribution is -2.40. The number of nitrogens with zero attached hydrogens (tertiary/aromatic N) is 4. The first-order valence-corrected chi connectivity index (χ1v) is 7.96. The van der Waals surface area contributed by atoms with E-state index in [9.17, 15) is 4.79 Å². The SMILES string of the molecule is CC1CCCCC1N(C)c1nnc(SCC(=O)O)n1C. The van der Waals surface area contributed by atoms with Crippen molar-refractivity contribution in [3.63, 3.8) is 0 Å². The minimum Gasteiger partial charge on any atom is -0.481 e. The average Bonchev–Trinajstić information content (AvgIpc) is 2.77. The van der Waals surface area contributed by atoms with Crippen LogP contribution in [-0.2, 0) is 11.8 Å². The molecular weight excluding hydrogens is 276 g/mol. The molecule has 0 amide bonds. The molecule has 1 heterocycles. The Hall–Kier alpha value is -1.24. The molecule has 6 nitrogen and oxygen atoms in total. The number of thioether (sulfide) groups is 1. The lowest BCUT2D eigenvalue weighted by Gasteiger charge is -2.36. The second-order valence-electron chi connectivity index (χ2n) is 5.46. The van der Waals surface area contributed by atoms with Crippen molar-refractivity contribution in [2.75, 3.05) is 17.7 Å². The Bertz CT molecular complexity index is 477. The molecule has 1 aromatic heterocycles. The van der Waals surface area contributed by atoms with Crippen LogP contribution >= 0.6 is 11.8 Å². The molecule has 0 aliphatic heterocycles. The van der Waals surface area contributed by atoms with E-state index in [1.807, 2.05) is 11.6 Å². The monoisotopic (exact) mass is 298 g/mol. The van der Waals surface area contributed by atoms with Crippen LogP contribution in [0.15, 0.2) is 5.16 Å². The van der Waals surface area contributed by atoms with Gasteiger partial charge in [0.15, 0.2) is 5.16 Å². The van der Waals surface area contributed by atoms with Crippen LogP contribution in [0.5, 0.6) is 0 Å². The summed E-state index contributed by atoms with van der Waals surface area (Å²) in [6, 6.07) is 0.490. The fourth-order valence-electron chi connectivity index (χ4n) is 2.89. The number of hydrogen-bond donors (Lipinski definition) is 1. The Labute approximate surface area is 123 Å². The molecule has 0 saturated heterocycles. The highest BCUT2D eigenvalue weighted by atomic mass is 32.2. The van der Waals surface area contributed by atoms with E-state index in [1.165, 1.54) is 37.4 Å². The Balaban J connectivity index is 2.09. The van der Waals surface area contributed by atoms with Crippen molar-refractivity contribution in [3.8, 4) is 0 Å². The summed E-state index contributed by atoms with van der Waals surface area (Å²) in [5, 5.41) is 17.7. The molecule has 1 N–H and O–H groups in total. The molecule has 2 unspecified atom stereocenters. The van der Waals surface area contributed by atoms with E-state index < -0.39 is 5.97 Å². The number of carboxylic acids is 1. The summed E-state index contributed by atoms with van der Waals surface area (Å²) in [5.74, 6) is 0.640. The standard InChI is InChI=1S/C13H22N4O2S/c1-9-6-4-5-7-10(9)16(2)12-14-15-13(17(12)3)20-8-11(18)19/h9-10H,4-8H2,1-3H3,(H,18,19). The van der Waals surface area contributed by atoms with Gasteiger partial charge in [-0.2, -0.15) is 0 Å². The fourth-order valence-corrected chi connectivity index (χ4v) is 3.51. The third-order valence-corrected chi connectivity index (χ3v) is 5.02. The Morgan fingerprint density at radius 1 is 1.45 bits per heavy atom. The molecule has 1 saturated carbocycles. The van der Waals surface area contributed by atoms with E-state index in [0.29, 0.717) is 17.1 Å². The van der Waals surface area contributed by atoms with Crippen molar-refractivity contribution in [2.24, 2.45) is 13.0 Å². The van der Waals surface area contributed by atoms with Gasteiger partial charge in [-0.25, -0.2) is 0 Å². The molecule has 0 spiro atoms. The maximum Gasteiger partial charge on any atom is 0.313 e. The van der Waals surface area contributed by atoms with Gasteiger partial charge in [0, 0.05) is 20.1 Å². The maximum absolute atomic E-state index is 10.6. The molecule has 1 aliphatic rings. The van der Waals surface area contributed by atoms with E-state index in [2.05, 4.69) is 29.1 Å². The molecule has 1 fully saturated rings. The zero-order chi connectivity index (χ0) is 14.7. The van der Waals surface area contributed by atoms with Crippen LogP contribution in [-0.4, -0.2) is 44.7 Å². The van der Waals surface area contributed by atoms with Crippen molar-refractivity contribution < 1.29 is 9.90 Å². The molecule has 1 aromatic rings. The summed E-state index contributed by atoms with van der Waals surface area (Å²) in [7, 11) is 3.95. The molecule has 0 radical (unpaired) electrons. The highest BCUT2D eigenvalue weighted by Gasteiger charge is 2.27. The minimum absolute atomic E-state index is 0.00944. The predicted octanol–water partition coefficient (Wildman–Crippen LogP) is 2.01. The van der Waals surface area contributed by atoms with E-state index in [0.717, 1.165) is 5.95 Å². The highest BCUT2D eigenvalue weighted by Crippen LogP contribution is 2.30. The molecule has 2 rings (SSSR count). The first kappa shape index (κ1) is 15.2. The van der Waals surface area contributed by atoms with Gasteiger partial charge in [0.2, 0.25) is 5.95 Å². The van der Waals surface area contributed by atoms with E-state index in [4.69, 9.17) is 5.11 Å². The first-order valence-electron chi connectivity index (χ1n) is 6.97. The Morgan fingerprint density at radius 2 is 2.15 bits per heavy atom. The topological polar surface area (TPSA) is 71.2 Å². The number of anilines is 1. The van der Waals surface area contributed by atoms with Crippen molar-refractivity contribution >= 4 is 23.7 Å². The largest absolute Gasteiger partial charge is 0.481 e. The van der Waals surface area contributed by atoms with E-state index in [1.54, 1.807) is 0 Å². The third-order valence-electron chi connectivity index (χ3n) is 4.02. The zero-order valence-corrected chi connectivity index (χ0v) is 13.1. The van der Waals surface area contributed by atoms with Gasteiger partial charge in [-0.1, -0.05) is 31.5 Å². The lowest BCUT2D eigenvalue weighted by atomic mass is 9.85. The highest BCUT2D eigenvalue weighted by molar-refractivity contribution is 7.99. The van der Waals surface area contributed by atoms with Crippen molar-refractivity contribution in [3.05, 3.63) is 0 Å². The summed E-state index contributed by atoms with van der Waals surface area (Å²) < 4.78 is 1.88. The molecule has 20 heavy (non-hydrogen) atoms. The summed E-state index contributed by atoms with van der Waals surface area (Å²) in [6.07, 6.45) is 5.01. The van der Waals surface area contributed by atoms with Crippen LogP contribution in [0.1, 0.15) is 32.6 Å². The molecule has 2 atom stereocenters. The lowest BCUT2D eigenvalue weighted by molar-refractivity contribution is -0.133.